The van der Waals surface area contributed by atoms with Crippen LogP contribution in [0.5, 0.6) is 0 Å². The van der Waals surface area contributed by atoms with Crippen LogP contribution in [0.4, 0.5) is 4.39 Å². The van der Waals surface area contributed by atoms with Crippen LogP contribution in [0.3, 0.4) is 0 Å². The molecule has 0 unspecified atom stereocenters. The number of rotatable bonds is 6. The van der Waals surface area contributed by atoms with E-state index in [1.54, 1.807) is 0 Å². The zero-order valence-corrected chi connectivity index (χ0v) is 13.4. The van der Waals surface area contributed by atoms with Crippen LogP contribution in [0.15, 0.2) is 29.2 Å². The van der Waals surface area contributed by atoms with Gasteiger partial charge in [-0.15, -0.1) is 0 Å². The number of aliphatic hydroxyl groups is 1. The normalized spacial score (nSPS) is 21.6. The molecular weight excluding hydrogens is 343 g/mol. The summed E-state index contributed by atoms with van der Waals surface area (Å²) in [5, 5.41) is 20.6. The first-order chi connectivity index (χ1) is 11.2. The zero-order chi connectivity index (χ0) is 17.9. The minimum atomic E-state index is -4.09. The Bertz CT molecular complexity index is 721. The van der Waals surface area contributed by atoms with Crippen molar-refractivity contribution in [1.82, 2.24) is 9.62 Å². The SMILES string of the molecule is O=C(O)CCNC(=O)[C@@H]1C[C@@H](O)CN1S(=O)(=O)c1ccc(F)cc1. The van der Waals surface area contributed by atoms with Gasteiger partial charge in [0.25, 0.3) is 0 Å². The van der Waals surface area contributed by atoms with E-state index in [2.05, 4.69) is 5.32 Å². The summed E-state index contributed by atoms with van der Waals surface area (Å²) in [6.45, 7) is -0.415. The van der Waals surface area contributed by atoms with Gasteiger partial charge in [-0.25, -0.2) is 12.8 Å². The zero-order valence-electron chi connectivity index (χ0n) is 12.6. The van der Waals surface area contributed by atoms with Crippen LogP contribution in [-0.4, -0.2) is 60.0 Å². The molecule has 1 fully saturated rings. The van der Waals surface area contributed by atoms with Crippen molar-refractivity contribution in [2.24, 2.45) is 0 Å². The number of sulfonamides is 1. The van der Waals surface area contributed by atoms with Crippen molar-refractivity contribution < 1.29 is 32.6 Å². The van der Waals surface area contributed by atoms with E-state index in [1.807, 2.05) is 0 Å². The van der Waals surface area contributed by atoms with Gasteiger partial charge in [0.15, 0.2) is 0 Å². The van der Waals surface area contributed by atoms with Crippen molar-refractivity contribution in [2.45, 2.75) is 29.9 Å². The molecule has 1 aliphatic rings. The molecule has 24 heavy (non-hydrogen) atoms. The molecule has 132 valence electrons. The fourth-order valence-electron chi connectivity index (χ4n) is 2.44. The Morgan fingerprint density at radius 3 is 2.50 bits per heavy atom. The maximum Gasteiger partial charge on any atom is 0.305 e. The Kier molecular flexibility index (Phi) is 5.52. The molecule has 3 N–H and O–H groups in total. The lowest BCUT2D eigenvalue weighted by Crippen LogP contribution is -2.46. The molecular formula is C14H17FN2O6S. The van der Waals surface area contributed by atoms with Crippen molar-refractivity contribution >= 4 is 21.9 Å². The molecule has 0 radical (unpaired) electrons. The van der Waals surface area contributed by atoms with Crippen LogP contribution in [0.2, 0.25) is 0 Å². The van der Waals surface area contributed by atoms with E-state index in [1.165, 1.54) is 0 Å². The molecule has 1 aromatic rings. The molecule has 1 amide bonds. The lowest BCUT2D eigenvalue weighted by atomic mass is 10.2. The minimum Gasteiger partial charge on any atom is -0.481 e. The molecule has 0 saturated carbocycles. The average Bonchev–Trinajstić information content (AvgIpc) is 2.90. The van der Waals surface area contributed by atoms with Gasteiger partial charge in [-0.05, 0) is 24.3 Å². The Morgan fingerprint density at radius 1 is 1.29 bits per heavy atom. The molecule has 0 spiro atoms. The maximum absolute atomic E-state index is 13.0. The number of aliphatic hydroxyl groups excluding tert-OH is 1. The number of carbonyl (C=O) groups excluding carboxylic acids is 1. The molecule has 2 atom stereocenters. The highest BCUT2D eigenvalue weighted by Crippen LogP contribution is 2.26. The van der Waals surface area contributed by atoms with E-state index >= 15 is 0 Å². The number of halogens is 1. The fraction of sp³-hybridized carbons (Fsp3) is 0.429. The number of hydrogen-bond acceptors (Lipinski definition) is 5. The van der Waals surface area contributed by atoms with Gasteiger partial charge in [-0.3, -0.25) is 9.59 Å². The molecule has 2 rings (SSSR count). The number of benzene rings is 1. The molecule has 1 heterocycles. The maximum atomic E-state index is 13.0. The first kappa shape index (κ1) is 18.3. The highest BCUT2D eigenvalue weighted by Gasteiger charge is 2.43. The molecule has 1 saturated heterocycles. The van der Waals surface area contributed by atoms with Gasteiger partial charge in [-0.1, -0.05) is 0 Å². The predicted octanol–water partition coefficient (Wildman–Crippen LogP) is -0.460. The van der Waals surface area contributed by atoms with E-state index in [0.29, 0.717) is 0 Å². The number of aliphatic carboxylic acids is 1. The Morgan fingerprint density at radius 2 is 1.92 bits per heavy atom. The number of amides is 1. The summed E-state index contributed by atoms with van der Waals surface area (Å²) in [6.07, 6.45) is -1.42. The smallest absolute Gasteiger partial charge is 0.305 e. The molecule has 10 heteroatoms. The molecule has 0 aromatic heterocycles. The van der Waals surface area contributed by atoms with E-state index in [-0.39, 0.29) is 30.8 Å². The molecule has 8 nitrogen and oxygen atoms in total. The van der Waals surface area contributed by atoms with Gasteiger partial charge in [0, 0.05) is 19.5 Å². The standard InChI is InChI=1S/C14H17FN2O6S/c15-9-1-3-11(4-2-9)24(22,23)17-8-10(18)7-12(17)14(21)16-6-5-13(19)20/h1-4,10,12,18H,5-8H2,(H,16,21)(H,19,20)/t10-,12+/m1/s1. The van der Waals surface area contributed by atoms with Crippen LogP contribution in [0, 0.1) is 5.82 Å². The van der Waals surface area contributed by atoms with E-state index in [9.17, 15) is 27.5 Å². The number of hydrogen-bond donors (Lipinski definition) is 3. The number of carboxylic acids is 1. The van der Waals surface area contributed by atoms with Crippen LogP contribution >= 0.6 is 0 Å². The second kappa shape index (κ2) is 7.24. The van der Waals surface area contributed by atoms with Crippen molar-refractivity contribution in [3.05, 3.63) is 30.1 Å². The molecule has 0 bridgehead atoms. The first-order valence-corrected chi connectivity index (χ1v) is 8.61. The summed E-state index contributed by atoms with van der Waals surface area (Å²) < 4.78 is 39.0. The monoisotopic (exact) mass is 360 g/mol. The molecule has 0 aliphatic carbocycles. The summed E-state index contributed by atoms with van der Waals surface area (Å²) >= 11 is 0. The van der Waals surface area contributed by atoms with Crippen LogP contribution in [-0.2, 0) is 19.6 Å². The third kappa shape index (κ3) is 4.08. The predicted molar refractivity (Wildman–Crippen MR) is 80.0 cm³/mol. The highest BCUT2D eigenvalue weighted by atomic mass is 32.2. The van der Waals surface area contributed by atoms with Gasteiger partial charge in [0.1, 0.15) is 11.9 Å². The molecule has 1 aliphatic heterocycles. The van der Waals surface area contributed by atoms with Gasteiger partial charge in [-0.2, -0.15) is 4.31 Å². The van der Waals surface area contributed by atoms with Crippen molar-refractivity contribution in [3.8, 4) is 0 Å². The fourth-order valence-corrected chi connectivity index (χ4v) is 4.08. The van der Waals surface area contributed by atoms with Crippen LogP contribution in [0.25, 0.3) is 0 Å². The second-order valence-electron chi connectivity index (χ2n) is 5.37. The highest BCUT2D eigenvalue weighted by molar-refractivity contribution is 7.89. The summed E-state index contributed by atoms with van der Waals surface area (Å²) in [7, 11) is -4.09. The summed E-state index contributed by atoms with van der Waals surface area (Å²) in [5.41, 5.74) is 0. The van der Waals surface area contributed by atoms with E-state index in [0.717, 1.165) is 28.6 Å². The summed E-state index contributed by atoms with van der Waals surface area (Å²) in [5.74, 6) is -2.38. The Balaban J connectivity index is 2.18. The van der Waals surface area contributed by atoms with Crippen LogP contribution in [0.1, 0.15) is 12.8 Å². The van der Waals surface area contributed by atoms with E-state index < -0.39 is 39.9 Å². The van der Waals surface area contributed by atoms with Crippen molar-refractivity contribution in [1.29, 1.82) is 0 Å². The number of nitrogens with one attached hydrogen (secondary N) is 1. The Hall–Kier alpha value is -2.04. The third-order valence-corrected chi connectivity index (χ3v) is 5.48. The lowest BCUT2D eigenvalue weighted by Gasteiger charge is -2.23. The number of nitrogens with zero attached hydrogens (tertiary/aromatic N) is 1. The second-order valence-corrected chi connectivity index (χ2v) is 7.26. The lowest BCUT2D eigenvalue weighted by molar-refractivity contribution is -0.137. The third-order valence-electron chi connectivity index (χ3n) is 3.59. The number of β-amino-alcohol motifs (C(OH)–C–C–N with tert-alkyl or cyclic N) is 1. The topological polar surface area (TPSA) is 124 Å². The van der Waals surface area contributed by atoms with E-state index in [4.69, 9.17) is 5.11 Å². The number of carbonyl (C=O) groups is 2. The van der Waals surface area contributed by atoms with Crippen molar-refractivity contribution in [3.63, 3.8) is 0 Å². The van der Waals surface area contributed by atoms with Gasteiger partial charge < -0.3 is 15.5 Å². The quantitative estimate of drug-likeness (QED) is 0.631. The minimum absolute atomic E-state index is 0.0979. The summed E-state index contributed by atoms with van der Waals surface area (Å²) in [4.78, 5) is 22.4. The van der Waals surface area contributed by atoms with Gasteiger partial charge in [0.2, 0.25) is 15.9 Å². The van der Waals surface area contributed by atoms with Gasteiger partial charge >= 0.3 is 5.97 Å². The van der Waals surface area contributed by atoms with Crippen LogP contribution < -0.4 is 5.32 Å². The summed E-state index contributed by atoms with van der Waals surface area (Å²) in [6, 6.07) is 2.98. The largest absolute Gasteiger partial charge is 0.481 e. The van der Waals surface area contributed by atoms with Gasteiger partial charge in [0.05, 0.1) is 17.4 Å². The number of carboxylic acid groups (broad SMARTS) is 1. The average molecular weight is 360 g/mol. The first-order valence-electron chi connectivity index (χ1n) is 7.17. The molecule has 1 aromatic carbocycles. The Labute approximate surface area is 137 Å². The van der Waals surface area contributed by atoms with Crippen molar-refractivity contribution in [2.75, 3.05) is 13.1 Å².